The highest BCUT2D eigenvalue weighted by Gasteiger charge is 2.66. The quantitative estimate of drug-likeness (QED) is 0.897. The summed E-state index contributed by atoms with van der Waals surface area (Å²) >= 11 is 0. The van der Waals surface area contributed by atoms with E-state index in [1.54, 1.807) is 0 Å². The van der Waals surface area contributed by atoms with Gasteiger partial charge >= 0.3 is 0 Å². The summed E-state index contributed by atoms with van der Waals surface area (Å²) < 4.78 is 24.4. The van der Waals surface area contributed by atoms with Gasteiger partial charge in [0.05, 0.1) is 6.61 Å². The molecule has 1 aromatic rings. The molecule has 5 heteroatoms. The molecule has 3 fully saturated rings. The van der Waals surface area contributed by atoms with Gasteiger partial charge in [-0.15, -0.1) is 0 Å². The summed E-state index contributed by atoms with van der Waals surface area (Å²) in [6.45, 7) is 6.50. The lowest BCUT2D eigenvalue weighted by atomic mass is 9.99. The molecule has 0 radical (unpaired) electrons. The van der Waals surface area contributed by atoms with Crippen molar-refractivity contribution in [1.29, 1.82) is 0 Å². The highest BCUT2D eigenvalue weighted by atomic mass is 16.8. The molecule has 3 aliphatic rings. The SMILES string of the molecule is CCC1C[C@]1(N)[C@H]1O[C@@H]2OC(C)(C)O[C@@H]2[C@H]1OCc1ccccc1. The van der Waals surface area contributed by atoms with Crippen molar-refractivity contribution in [2.75, 3.05) is 0 Å². The van der Waals surface area contributed by atoms with E-state index in [-0.39, 0.29) is 23.9 Å². The zero-order valence-corrected chi connectivity index (χ0v) is 14.6. The Labute approximate surface area is 143 Å². The van der Waals surface area contributed by atoms with Crippen molar-refractivity contribution >= 4 is 0 Å². The first kappa shape index (κ1) is 16.5. The summed E-state index contributed by atoms with van der Waals surface area (Å²) in [6, 6.07) is 10.1. The van der Waals surface area contributed by atoms with E-state index in [9.17, 15) is 0 Å². The maximum absolute atomic E-state index is 6.62. The van der Waals surface area contributed by atoms with Gasteiger partial charge in [0.2, 0.25) is 0 Å². The minimum absolute atomic E-state index is 0.183. The van der Waals surface area contributed by atoms with Crippen LogP contribution >= 0.6 is 0 Å². The third-order valence-corrected chi connectivity index (χ3v) is 5.50. The van der Waals surface area contributed by atoms with Crippen LogP contribution in [0.4, 0.5) is 0 Å². The molecule has 1 aromatic carbocycles. The highest BCUT2D eigenvalue weighted by molar-refractivity contribution is 5.18. The van der Waals surface area contributed by atoms with Gasteiger partial charge in [-0.3, -0.25) is 0 Å². The van der Waals surface area contributed by atoms with Crippen LogP contribution in [0.15, 0.2) is 30.3 Å². The van der Waals surface area contributed by atoms with Crippen LogP contribution in [-0.2, 0) is 25.6 Å². The van der Waals surface area contributed by atoms with Crippen LogP contribution < -0.4 is 5.73 Å². The van der Waals surface area contributed by atoms with Crippen molar-refractivity contribution in [3.8, 4) is 0 Å². The Morgan fingerprint density at radius 3 is 2.62 bits per heavy atom. The first-order valence-electron chi connectivity index (χ1n) is 8.88. The predicted octanol–water partition coefficient (Wildman–Crippen LogP) is 2.58. The molecule has 24 heavy (non-hydrogen) atoms. The second-order valence-corrected chi connectivity index (χ2v) is 7.71. The maximum Gasteiger partial charge on any atom is 0.190 e. The zero-order valence-electron chi connectivity index (χ0n) is 14.6. The first-order valence-corrected chi connectivity index (χ1v) is 8.88. The summed E-state index contributed by atoms with van der Waals surface area (Å²) in [7, 11) is 0. The molecule has 1 unspecified atom stereocenters. The van der Waals surface area contributed by atoms with Crippen LogP contribution in [0.1, 0.15) is 39.2 Å². The topological polar surface area (TPSA) is 62.9 Å². The number of nitrogens with two attached hydrogens (primary N) is 1. The molecule has 1 aliphatic carbocycles. The van der Waals surface area contributed by atoms with Gasteiger partial charge in [-0.1, -0.05) is 43.7 Å². The lowest BCUT2D eigenvalue weighted by Gasteiger charge is -2.30. The first-order chi connectivity index (χ1) is 11.4. The number of benzene rings is 1. The summed E-state index contributed by atoms with van der Waals surface area (Å²) in [5, 5.41) is 0. The Bertz CT molecular complexity index is 592. The van der Waals surface area contributed by atoms with E-state index in [0.29, 0.717) is 12.5 Å². The van der Waals surface area contributed by atoms with E-state index < -0.39 is 12.1 Å². The minimum atomic E-state index is -0.649. The normalized spacial score (nSPS) is 42.9. The molecular weight excluding hydrogens is 306 g/mol. The monoisotopic (exact) mass is 333 g/mol. The van der Waals surface area contributed by atoms with Crippen molar-refractivity contribution in [3.05, 3.63) is 35.9 Å². The fraction of sp³-hybridized carbons (Fsp3) is 0.684. The highest BCUT2D eigenvalue weighted by Crippen LogP contribution is 2.53. The smallest absolute Gasteiger partial charge is 0.190 e. The van der Waals surface area contributed by atoms with E-state index in [1.807, 2.05) is 32.0 Å². The molecule has 2 saturated heterocycles. The lowest BCUT2D eigenvalue weighted by Crippen LogP contribution is -2.49. The molecule has 2 heterocycles. The molecule has 2 N–H and O–H groups in total. The van der Waals surface area contributed by atoms with Gasteiger partial charge in [-0.05, 0) is 31.7 Å². The van der Waals surface area contributed by atoms with E-state index in [4.69, 9.17) is 24.7 Å². The van der Waals surface area contributed by atoms with Crippen LogP contribution in [0.2, 0.25) is 0 Å². The molecule has 0 spiro atoms. The molecule has 0 bridgehead atoms. The van der Waals surface area contributed by atoms with Crippen molar-refractivity contribution in [1.82, 2.24) is 0 Å². The Morgan fingerprint density at radius 2 is 1.96 bits per heavy atom. The minimum Gasteiger partial charge on any atom is -0.368 e. The molecule has 5 nitrogen and oxygen atoms in total. The predicted molar refractivity (Wildman–Crippen MR) is 89.0 cm³/mol. The second kappa shape index (κ2) is 5.78. The van der Waals surface area contributed by atoms with Gasteiger partial charge < -0.3 is 24.7 Å². The standard InChI is InChI=1S/C19H27NO4/c1-4-13-10-19(13,20)16-14(21-11-12-8-6-5-7-9-12)15-17(22-16)24-18(2,3)23-15/h5-9,13-17H,4,10-11,20H2,1-3H3/t13?,14-,15-,16+,17-,19-/m1/s1. The van der Waals surface area contributed by atoms with E-state index >= 15 is 0 Å². The molecule has 0 amide bonds. The maximum atomic E-state index is 6.62. The summed E-state index contributed by atoms with van der Waals surface area (Å²) in [5.74, 6) is -0.165. The third-order valence-electron chi connectivity index (χ3n) is 5.50. The molecule has 6 atom stereocenters. The molecule has 0 aromatic heterocycles. The van der Waals surface area contributed by atoms with Crippen molar-refractivity contribution in [2.24, 2.45) is 11.7 Å². The van der Waals surface area contributed by atoms with Crippen LogP contribution in [0.5, 0.6) is 0 Å². The Kier molecular flexibility index (Phi) is 3.97. The average molecular weight is 333 g/mol. The van der Waals surface area contributed by atoms with Crippen LogP contribution in [0, 0.1) is 5.92 Å². The van der Waals surface area contributed by atoms with Gasteiger partial charge in [0, 0.05) is 5.54 Å². The molecular formula is C19H27NO4. The number of fused-ring (bicyclic) bond motifs is 1. The van der Waals surface area contributed by atoms with Gasteiger partial charge in [0.15, 0.2) is 12.1 Å². The number of ether oxygens (including phenoxy) is 4. The van der Waals surface area contributed by atoms with Crippen molar-refractivity contribution < 1.29 is 18.9 Å². The van der Waals surface area contributed by atoms with Gasteiger partial charge in [0.1, 0.15) is 18.3 Å². The molecule has 1 saturated carbocycles. The summed E-state index contributed by atoms with van der Waals surface area (Å²) in [4.78, 5) is 0. The average Bonchev–Trinajstić information content (AvgIpc) is 2.98. The lowest BCUT2D eigenvalue weighted by molar-refractivity contribution is -0.223. The van der Waals surface area contributed by atoms with Crippen LogP contribution in [-0.4, -0.2) is 35.9 Å². The second-order valence-electron chi connectivity index (χ2n) is 7.71. The summed E-state index contributed by atoms with van der Waals surface area (Å²) in [6.07, 6.45) is 1.01. The van der Waals surface area contributed by atoms with Gasteiger partial charge in [-0.25, -0.2) is 0 Å². The van der Waals surface area contributed by atoms with Crippen molar-refractivity contribution in [3.63, 3.8) is 0 Å². The summed E-state index contributed by atoms with van der Waals surface area (Å²) in [5.41, 5.74) is 7.43. The Hall–Kier alpha value is -0.980. The van der Waals surface area contributed by atoms with E-state index in [0.717, 1.165) is 18.4 Å². The van der Waals surface area contributed by atoms with Crippen LogP contribution in [0.25, 0.3) is 0 Å². The third kappa shape index (κ3) is 2.78. The zero-order chi connectivity index (χ0) is 16.9. The van der Waals surface area contributed by atoms with Crippen molar-refractivity contribution in [2.45, 2.75) is 76.1 Å². The number of rotatable bonds is 5. The Balaban J connectivity index is 1.52. The number of hydrogen-bond donors (Lipinski definition) is 1. The largest absolute Gasteiger partial charge is 0.368 e. The fourth-order valence-corrected chi connectivity index (χ4v) is 4.10. The van der Waals surface area contributed by atoms with Crippen LogP contribution in [0.3, 0.4) is 0 Å². The molecule has 4 rings (SSSR count). The number of hydrogen-bond acceptors (Lipinski definition) is 5. The molecule has 132 valence electrons. The van der Waals surface area contributed by atoms with E-state index in [2.05, 4.69) is 19.1 Å². The van der Waals surface area contributed by atoms with Gasteiger partial charge in [-0.2, -0.15) is 0 Å². The van der Waals surface area contributed by atoms with Gasteiger partial charge in [0.25, 0.3) is 0 Å². The Morgan fingerprint density at radius 1 is 1.21 bits per heavy atom. The molecule has 2 aliphatic heterocycles. The fourth-order valence-electron chi connectivity index (χ4n) is 4.10. The van der Waals surface area contributed by atoms with E-state index in [1.165, 1.54) is 0 Å².